The van der Waals surface area contributed by atoms with Crippen LogP contribution in [-0.2, 0) is 0 Å². The summed E-state index contributed by atoms with van der Waals surface area (Å²) in [6, 6.07) is 14.4. The molecule has 0 unspecified atom stereocenters. The van der Waals surface area contributed by atoms with E-state index in [4.69, 9.17) is 5.41 Å². The van der Waals surface area contributed by atoms with Crippen LogP contribution < -0.4 is 5.32 Å². The highest BCUT2D eigenvalue weighted by Gasteiger charge is 2.07. The Morgan fingerprint density at radius 1 is 1.05 bits per heavy atom. The van der Waals surface area contributed by atoms with Crippen LogP contribution in [0.3, 0.4) is 0 Å². The van der Waals surface area contributed by atoms with E-state index < -0.39 is 0 Å². The highest BCUT2D eigenvalue weighted by Crippen LogP contribution is 2.16. The molecule has 21 heavy (non-hydrogen) atoms. The van der Waals surface area contributed by atoms with E-state index in [1.165, 1.54) is 12.1 Å². The van der Waals surface area contributed by atoms with Gasteiger partial charge in [-0.15, -0.1) is 0 Å². The standard InChI is InChI=1S/C18H21FN2/c1-3-16(4-2)21-17-10-8-13(9-11-17)18(20)14-6-5-7-15(19)12-14/h5-12,16,20-21H,3-4H2,1-2H3. The smallest absolute Gasteiger partial charge is 0.123 e. The summed E-state index contributed by atoms with van der Waals surface area (Å²) in [5.41, 5.74) is 2.77. The monoisotopic (exact) mass is 284 g/mol. The second kappa shape index (κ2) is 7.02. The number of nitrogens with one attached hydrogen (secondary N) is 2. The molecule has 0 saturated carbocycles. The Labute approximate surface area is 125 Å². The van der Waals surface area contributed by atoms with Gasteiger partial charge in [-0.2, -0.15) is 0 Å². The predicted molar refractivity (Wildman–Crippen MR) is 86.8 cm³/mol. The largest absolute Gasteiger partial charge is 0.382 e. The Hall–Kier alpha value is -2.16. The van der Waals surface area contributed by atoms with E-state index in [2.05, 4.69) is 19.2 Å². The van der Waals surface area contributed by atoms with E-state index in [0.29, 0.717) is 17.3 Å². The van der Waals surface area contributed by atoms with E-state index in [9.17, 15) is 4.39 Å². The summed E-state index contributed by atoms with van der Waals surface area (Å²) in [6.07, 6.45) is 2.16. The van der Waals surface area contributed by atoms with Gasteiger partial charge in [-0.25, -0.2) is 4.39 Å². The molecule has 0 fully saturated rings. The predicted octanol–water partition coefficient (Wildman–Crippen LogP) is 4.84. The van der Waals surface area contributed by atoms with Gasteiger partial charge in [-0.3, -0.25) is 5.41 Å². The lowest BCUT2D eigenvalue weighted by Crippen LogP contribution is -2.16. The Balaban J connectivity index is 2.13. The van der Waals surface area contributed by atoms with Crippen LogP contribution in [0.15, 0.2) is 48.5 Å². The Morgan fingerprint density at radius 2 is 1.71 bits per heavy atom. The third kappa shape index (κ3) is 3.91. The van der Waals surface area contributed by atoms with E-state index >= 15 is 0 Å². The second-order valence-corrected chi connectivity index (χ2v) is 5.12. The van der Waals surface area contributed by atoms with Crippen molar-refractivity contribution in [2.24, 2.45) is 0 Å². The molecular formula is C18H21FN2. The second-order valence-electron chi connectivity index (χ2n) is 5.12. The topological polar surface area (TPSA) is 35.9 Å². The lowest BCUT2D eigenvalue weighted by Gasteiger charge is -2.16. The van der Waals surface area contributed by atoms with Crippen molar-refractivity contribution in [2.45, 2.75) is 32.7 Å². The summed E-state index contributed by atoms with van der Waals surface area (Å²) in [6.45, 7) is 4.32. The van der Waals surface area contributed by atoms with E-state index in [1.807, 2.05) is 24.3 Å². The first kappa shape index (κ1) is 15.2. The van der Waals surface area contributed by atoms with Crippen molar-refractivity contribution in [2.75, 3.05) is 5.32 Å². The molecule has 0 radical (unpaired) electrons. The maximum absolute atomic E-state index is 13.2. The molecule has 0 spiro atoms. The Bertz CT molecular complexity index is 601. The van der Waals surface area contributed by atoms with Crippen LogP contribution >= 0.6 is 0 Å². The van der Waals surface area contributed by atoms with Crippen LogP contribution in [0.5, 0.6) is 0 Å². The van der Waals surface area contributed by atoms with Gasteiger partial charge in [0.25, 0.3) is 0 Å². The number of halogens is 1. The molecule has 0 amide bonds. The number of anilines is 1. The molecule has 2 aromatic rings. The summed E-state index contributed by atoms with van der Waals surface area (Å²) >= 11 is 0. The van der Waals surface area contributed by atoms with Crippen LogP contribution in [0.2, 0.25) is 0 Å². The minimum Gasteiger partial charge on any atom is -0.382 e. The molecule has 0 aliphatic heterocycles. The van der Waals surface area contributed by atoms with E-state index in [0.717, 1.165) is 24.1 Å². The van der Waals surface area contributed by atoms with Gasteiger partial charge in [-0.1, -0.05) is 38.1 Å². The molecule has 2 aromatic carbocycles. The molecule has 3 heteroatoms. The molecule has 2 nitrogen and oxygen atoms in total. The van der Waals surface area contributed by atoms with Crippen molar-refractivity contribution in [3.8, 4) is 0 Å². The van der Waals surface area contributed by atoms with Crippen LogP contribution in [-0.4, -0.2) is 11.8 Å². The van der Waals surface area contributed by atoms with Gasteiger partial charge in [0.05, 0.1) is 5.71 Å². The molecule has 0 aliphatic rings. The summed E-state index contributed by atoms with van der Waals surface area (Å²) in [4.78, 5) is 0. The normalized spacial score (nSPS) is 10.7. The first-order valence-electron chi connectivity index (χ1n) is 7.35. The number of hydrogen-bond acceptors (Lipinski definition) is 2. The van der Waals surface area contributed by atoms with Crippen molar-refractivity contribution in [1.29, 1.82) is 5.41 Å². The van der Waals surface area contributed by atoms with E-state index in [-0.39, 0.29) is 5.82 Å². The van der Waals surface area contributed by atoms with Crippen LogP contribution in [0, 0.1) is 11.2 Å². The molecule has 0 heterocycles. The maximum Gasteiger partial charge on any atom is 0.123 e. The quantitative estimate of drug-likeness (QED) is 0.731. The maximum atomic E-state index is 13.2. The minimum atomic E-state index is -0.315. The van der Waals surface area contributed by atoms with Gasteiger partial charge in [0.1, 0.15) is 5.82 Å². The summed E-state index contributed by atoms with van der Waals surface area (Å²) in [5.74, 6) is -0.315. The lowest BCUT2D eigenvalue weighted by molar-refractivity contribution is 0.627. The fourth-order valence-electron chi connectivity index (χ4n) is 2.27. The molecule has 0 saturated heterocycles. The molecule has 110 valence electrons. The first-order valence-corrected chi connectivity index (χ1v) is 7.35. The van der Waals surface area contributed by atoms with Crippen molar-refractivity contribution in [3.05, 3.63) is 65.5 Å². The molecule has 0 bridgehead atoms. The zero-order valence-electron chi connectivity index (χ0n) is 12.5. The summed E-state index contributed by atoms with van der Waals surface area (Å²) in [5, 5.41) is 11.6. The Kier molecular flexibility index (Phi) is 5.09. The van der Waals surface area contributed by atoms with Crippen molar-refractivity contribution in [3.63, 3.8) is 0 Å². The zero-order chi connectivity index (χ0) is 15.2. The average Bonchev–Trinajstić information content (AvgIpc) is 2.52. The highest BCUT2D eigenvalue weighted by molar-refractivity contribution is 6.10. The Morgan fingerprint density at radius 3 is 2.29 bits per heavy atom. The molecule has 0 aliphatic carbocycles. The fourth-order valence-corrected chi connectivity index (χ4v) is 2.27. The molecule has 2 rings (SSSR count). The number of rotatable bonds is 6. The zero-order valence-corrected chi connectivity index (χ0v) is 12.5. The van der Waals surface area contributed by atoms with Gasteiger partial charge < -0.3 is 5.32 Å². The molecular weight excluding hydrogens is 263 g/mol. The van der Waals surface area contributed by atoms with E-state index in [1.54, 1.807) is 12.1 Å². The fraction of sp³-hybridized carbons (Fsp3) is 0.278. The summed E-state index contributed by atoms with van der Waals surface area (Å²) < 4.78 is 13.2. The highest BCUT2D eigenvalue weighted by atomic mass is 19.1. The lowest BCUT2D eigenvalue weighted by atomic mass is 10.0. The first-order chi connectivity index (χ1) is 10.1. The SMILES string of the molecule is CCC(CC)Nc1ccc(C(=N)c2cccc(F)c2)cc1. The van der Waals surface area contributed by atoms with Gasteiger partial charge in [0.15, 0.2) is 0 Å². The van der Waals surface area contributed by atoms with Crippen LogP contribution in [0.1, 0.15) is 37.8 Å². The third-order valence-electron chi connectivity index (χ3n) is 3.64. The van der Waals surface area contributed by atoms with Gasteiger partial charge in [-0.05, 0) is 37.1 Å². The summed E-state index contributed by atoms with van der Waals surface area (Å²) in [7, 11) is 0. The van der Waals surface area contributed by atoms with Gasteiger partial charge >= 0.3 is 0 Å². The van der Waals surface area contributed by atoms with Crippen molar-refractivity contribution >= 4 is 11.4 Å². The van der Waals surface area contributed by atoms with Gasteiger partial charge in [0, 0.05) is 22.9 Å². The van der Waals surface area contributed by atoms with Crippen molar-refractivity contribution in [1.82, 2.24) is 0 Å². The molecule has 2 N–H and O–H groups in total. The van der Waals surface area contributed by atoms with Gasteiger partial charge in [0.2, 0.25) is 0 Å². The molecule has 0 atom stereocenters. The average molecular weight is 284 g/mol. The molecule has 0 aromatic heterocycles. The minimum absolute atomic E-state index is 0.315. The number of hydrogen-bond donors (Lipinski definition) is 2. The van der Waals surface area contributed by atoms with Crippen LogP contribution in [0.4, 0.5) is 10.1 Å². The van der Waals surface area contributed by atoms with Crippen molar-refractivity contribution < 1.29 is 4.39 Å². The van der Waals surface area contributed by atoms with Crippen LogP contribution in [0.25, 0.3) is 0 Å². The number of benzene rings is 2. The third-order valence-corrected chi connectivity index (χ3v) is 3.64.